The summed E-state index contributed by atoms with van der Waals surface area (Å²) in [4.78, 5) is 0. The lowest BCUT2D eigenvalue weighted by atomic mass is 10.2. The SMILES string of the molecule is Cc1ccccc1N(N)C(=N)SCCO. The second-order valence-electron chi connectivity index (χ2n) is 3.03. The molecule has 0 amide bonds. The van der Waals surface area contributed by atoms with Crippen LogP contribution in [-0.4, -0.2) is 22.6 Å². The molecule has 5 heteroatoms. The number of anilines is 1. The van der Waals surface area contributed by atoms with E-state index in [1.54, 1.807) is 0 Å². The van der Waals surface area contributed by atoms with Gasteiger partial charge in [0.25, 0.3) is 0 Å². The number of rotatable bonds is 3. The zero-order valence-corrected chi connectivity index (χ0v) is 9.42. The van der Waals surface area contributed by atoms with E-state index in [9.17, 15) is 0 Å². The van der Waals surface area contributed by atoms with E-state index in [2.05, 4.69) is 0 Å². The van der Waals surface area contributed by atoms with Crippen LogP contribution in [0.1, 0.15) is 5.56 Å². The van der Waals surface area contributed by atoms with E-state index in [0.29, 0.717) is 5.75 Å². The van der Waals surface area contributed by atoms with E-state index in [-0.39, 0.29) is 11.8 Å². The maximum Gasteiger partial charge on any atom is 0.175 e. The van der Waals surface area contributed by atoms with Crippen molar-refractivity contribution < 1.29 is 5.11 Å². The summed E-state index contributed by atoms with van der Waals surface area (Å²) in [6.45, 7) is 1.99. The number of hydrogen-bond acceptors (Lipinski definition) is 4. The van der Waals surface area contributed by atoms with Gasteiger partial charge in [0.05, 0.1) is 12.3 Å². The van der Waals surface area contributed by atoms with Gasteiger partial charge in [0.1, 0.15) is 0 Å². The van der Waals surface area contributed by atoms with Gasteiger partial charge in [-0.15, -0.1) is 0 Å². The van der Waals surface area contributed by atoms with Crippen LogP contribution in [0.2, 0.25) is 0 Å². The van der Waals surface area contributed by atoms with Gasteiger partial charge in [-0.1, -0.05) is 30.0 Å². The van der Waals surface area contributed by atoms with Gasteiger partial charge in [-0.25, -0.2) is 5.84 Å². The number of hydrogen-bond donors (Lipinski definition) is 3. The molecule has 0 unspecified atom stereocenters. The summed E-state index contributed by atoms with van der Waals surface area (Å²) in [5.74, 6) is 6.27. The van der Waals surface area contributed by atoms with E-state index in [1.165, 1.54) is 16.8 Å². The minimum atomic E-state index is 0.0503. The highest BCUT2D eigenvalue weighted by Gasteiger charge is 2.09. The van der Waals surface area contributed by atoms with Crippen LogP contribution in [0.4, 0.5) is 5.69 Å². The summed E-state index contributed by atoms with van der Waals surface area (Å²) in [5.41, 5.74) is 1.84. The molecule has 0 aromatic heterocycles. The smallest absolute Gasteiger partial charge is 0.175 e. The molecule has 0 spiro atoms. The Bertz CT molecular complexity index is 343. The number of aryl methyl sites for hydroxylation is 1. The molecule has 0 heterocycles. The number of benzene rings is 1. The first-order valence-electron chi connectivity index (χ1n) is 4.59. The van der Waals surface area contributed by atoms with E-state index >= 15 is 0 Å². The summed E-state index contributed by atoms with van der Waals surface area (Å²) in [7, 11) is 0. The minimum absolute atomic E-state index is 0.0503. The van der Waals surface area contributed by atoms with Crippen LogP contribution >= 0.6 is 11.8 Å². The summed E-state index contributed by atoms with van der Waals surface area (Å²) in [6.07, 6.45) is 0. The molecule has 1 aromatic rings. The van der Waals surface area contributed by atoms with Gasteiger partial charge in [-0.05, 0) is 18.6 Å². The van der Waals surface area contributed by atoms with Crippen molar-refractivity contribution in [3.63, 3.8) is 0 Å². The number of nitrogens with one attached hydrogen (secondary N) is 1. The number of aliphatic hydroxyl groups is 1. The number of amidine groups is 1. The monoisotopic (exact) mass is 225 g/mol. The molecule has 0 aliphatic heterocycles. The van der Waals surface area contributed by atoms with Gasteiger partial charge in [-0.2, -0.15) is 0 Å². The van der Waals surface area contributed by atoms with E-state index in [4.69, 9.17) is 16.4 Å². The minimum Gasteiger partial charge on any atom is -0.396 e. The van der Waals surface area contributed by atoms with Crippen molar-refractivity contribution in [1.82, 2.24) is 0 Å². The Balaban J connectivity index is 2.72. The fourth-order valence-electron chi connectivity index (χ4n) is 1.15. The maximum atomic E-state index is 8.65. The molecule has 1 aromatic carbocycles. The largest absolute Gasteiger partial charge is 0.396 e. The Morgan fingerprint density at radius 3 is 2.80 bits per heavy atom. The second kappa shape index (κ2) is 5.75. The molecule has 0 bridgehead atoms. The number of para-hydroxylation sites is 1. The zero-order chi connectivity index (χ0) is 11.3. The first kappa shape index (κ1) is 12.0. The molecule has 82 valence electrons. The number of aliphatic hydroxyl groups excluding tert-OH is 1. The van der Waals surface area contributed by atoms with Crippen molar-refractivity contribution >= 4 is 22.6 Å². The molecule has 0 saturated carbocycles. The first-order chi connectivity index (χ1) is 7.16. The van der Waals surface area contributed by atoms with Gasteiger partial charge in [0.2, 0.25) is 0 Å². The van der Waals surface area contributed by atoms with E-state index < -0.39 is 0 Å². The van der Waals surface area contributed by atoms with Crippen molar-refractivity contribution in [2.75, 3.05) is 17.4 Å². The van der Waals surface area contributed by atoms with Crippen molar-refractivity contribution in [2.45, 2.75) is 6.92 Å². The summed E-state index contributed by atoms with van der Waals surface area (Å²) >= 11 is 1.22. The molecule has 15 heavy (non-hydrogen) atoms. The van der Waals surface area contributed by atoms with Crippen molar-refractivity contribution in [1.29, 1.82) is 5.41 Å². The fraction of sp³-hybridized carbons (Fsp3) is 0.300. The van der Waals surface area contributed by atoms with Crippen LogP contribution in [0.25, 0.3) is 0 Å². The fourth-order valence-corrected chi connectivity index (χ4v) is 1.68. The molecule has 0 aliphatic carbocycles. The second-order valence-corrected chi connectivity index (χ2v) is 4.12. The van der Waals surface area contributed by atoms with Crippen LogP contribution < -0.4 is 10.9 Å². The highest BCUT2D eigenvalue weighted by atomic mass is 32.2. The number of hydrazine groups is 1. The molecule has 4 nitrogen and oxygen atoms in total. The standard InChI is InChI=1S/C10H15N3OS/c1-8-4-2-3-5-9(8)13(12)10(11)15-7-6-14/h2-5,11,14H,6-7,12H2,1H3. The molecule has 4 N–H and O–H groups in total. The van der Waals surface area contributed by atoms with Crippen molar-refractivity contribution in [3.05, 3.63) is 29.8 Å². The molecule has 0 radical (unpaired) electrons. The summed E-state index contributed by atoms with van der Waals surface area (Å²) in [5, 5.41) is 17.9. The van der Waals surface area contributed by atoms with Crippen LogP contribution in [-0.2, 0) is 0 Å². The Hall–Kier alpha value is -1.04. The quantitative estimate of drug-likeness (QED) is 0.314. The number of nitrogens with two attached hydrogens (primary N) is 1. The average molecular weight is 225 g/mol. The maximum absolute atomic E-state index is 8.65. The van der Waals surface area contributed by atoms with Gasteiger partial charge >= 0.3 is 0 Å². The third kappa shape index (κ3) is 3.23. The number of thioether (sulfide) groups is 1. The third-order valence-electron chi connectivity index (χ3n) is 1.92. The van der Waals surface area contributed by atoms with Crippen LogP contribution in [0.3, 0.4) is 0 Å². The van der Waals surface area contributed by atoms with Crippen LogP contribution in [0, 0.1) is 12.3 Å². The summed E-state index contributed by atoms with van der Waals surface area (Å²) in [6, 6.07) is 7.62. The predicted molar refractivity (Wildman–Crippen MR) is 65.1 cm³/mol. The lowest BCUT2D eigenvalue weighted by Crippen LogP contribution is -2.35. The highest BCUT2D eigenvalue weighted by molar-refractivity contribution is 8.14. The topological polar surface area (TPSA) is 73.3 Å². The molecular formula is C10H15N3OS. The highest BCUT2D eigenvalue weighted by Crippen LogP contribution is 2.19. The van der Waals surface area contributed by atoms with Crippen LogP contribution in [0.5, 0.6) is 0 Å². The van der Waals surface area contributed by atoms with Gasteiger partial charge in [-0.3, -0.25) is 10.4 Å². The molecule has 0 fully saturated rings. The molecular weight excluding hydrogens is 210 g/mol. The Labute approximate surface area is 93.6 Å². The third-order valence-corrected chi connectivity index (χ3v) is 2.78. The van der Waals surface area contributed by atoms with Crippen LogP contribution in [0.15, 0.2) is 24.3 Å². The van der Waals surface area contributed by atoms with E-state index in [1.807, 2.05) is 31.2 Å². The van der Waals surface area contributed by atoms with Crippen molar-refractivity contribution in [3.8, 4) is 0 Å². The lowest BCUT2D eigenvalue weighted by Gasteiger charge is -2.20. The molecule has 0 atom stereocenters. The normalized spacial score (nSPS) is 10.1. The Morgan fingerprint density at radius 2 is 2.20 bits per heavy atom. The summed E-state index contributed by atoms with van der Waals surface area (Å²) < 4.78 is 0. The zero-order valence-electron chi connectivity index (χ0n) is 8.60. The predicted octanol–water partition coefficient (Wildman–Crippen LogP) is 1.34. The molecule has 1 rings (SSSR count). The Morgan fingerprint density at radius 1 is 1.53 bits per heavy atom. The first-order valence-corrected chi connectivity index (χ1v) is 5.58. The molecule has 0 aliphatic rings. The van der Waals surface area contributed by atoms with Gasteiger partial charge in [0.15, 0.2) is 5.17 Å². The molecule has 0 saturated heterocycles. The Kier molecular flexibility index (Phi) is 4.61. The van der Waals surface area contributed by atoms with Crippen molar-refractivity contribution in [2.24, 2.45) is 5.84 Å². The van der Waals surface area contributed by atoms with Gasteiger partial charge in [0, 0.05) is 5.75 Å². The van der Waals surface area contributed by atoms with Gasteiger partial charge < -0.3 is 5.11 Å². The number of nitrogens with zero attached hydrogens (tertiary/aromatic N) is 1. The average Bonchev–Trinajstić information content (AvgIpc) is 2.25. The van der Waals surface area contributed by atoms with E-state index in [0.717, 1.165) is 11.3 Å². The lowest BCUT2D eigenvalue weighted by molar-refractivity contribution is 0.323.